The molecule has 0 radical (unpaired) electrons. The molecule has 1 aliphatic rings. The maximum Gasteiger partial charge on any atom is 0.379 e. The maximum absolute atomic E-state index is 13.0. The van der Waals surface area contributed by atoms with Gasteiger partial charge < -0.3 is 4.74 Å². The molecule has 2 aromatic carbocycles. The van der Waals surface area contributed by atoms with Crippen molar-refractivity contribution < 1.29 is 19.1 Å². The molecule has 34 heavy (non-hydrogen) atoms. The van der Waals surface area contributed by atoms with Crippen molar-refractivity contribution in [1.29, 1.82) is 0 Å². The number of esters is 1. The first kappa shape index (κ1) is 24.1. The van der Waals surface area contributed by atoms with E-state index in [1.54, 1.807) is 6.07 Å². The Morgan fingerprint density at radius 3 is 2.09 bits per heavy atom. The molecule has 0 fully saturated rings. The number of carbonyl (C=O) groups excluding carboxylic acids is 3. The number of carbonyl (C=O) groups is 3. The Morgan fingerprint density at radius 2 is 1.50 bits per heavy atom. The van der Waals surface area contributed by atoms with Gasteiger partial charge in [-0.3, -0.25) is 9.59 Å². The smallest absolute Gasteiger partial charge is 0.379 e. The molecule has 0 bridgehead atoms. The fourth-order valence-electron chi connectivity index (χ4n) is 5.04. The van der Waals surface area contributed by atoms with Gasteiger partial charge in [0.05, 0.1) is 11.5 Å². The Kier molecular flexibility index (Phi) is 7.13. The molecule has 0 saturated heterocycles. The highest BCUT2D eigenvalue weighted by Crippen LogP contribution is 2.53. The second kappa shape index (κ2) is 10.1. The number of hydrogen-bond acceptors (Lipinski definition) is 5. The summed E-state index contributed by atoms with van der Waals surface area (Å²) in [4.78, 5) is 38.9. The molecule has 3 aromatic rings. The van der Waals surface area contributed by atoms with Crippen LogP contribution in [-0.2, 0) is 14.9 Å². The van der Waals surface area contributed by atoms with Gasteiger partial charge in [-0.25, -0.2) is 4.79 Å². The molecule has 0 atom stereocenters. The van der Waals surface area contributed by atoms with Crippen molar-refractivity contribution in [2.24, 2.45) is 0 Å². The average Bonchev–Trinajstić information content (AvgIpc) is 3.50. The second-order valence-corrected chi connectivity index (χ2v) is 9.74. The Hall–Kier alpha value is -3.05. The molecule has 4 rings (SSSR count). The van der Waals surface area contributed by atoms with Gasteiger partial charge >= 0.3 is 5.97 Å². The fraction of sp³-hybridized carbons (Fsp3) is 0.345. The number of hydrogen-bond donors (Lipinski definition) is 0. The van der Waals surface area contributed by atoms with Crippen LogP contribution < -0.4 is 0 Å². The summed E-state index contributed by atoms with van der Waals surface area (Å²) in [7, 11) is 0. The normalized spacial score (nSPS) is 13.3. The molecule has 0 saturated carbocycles. The quantitative estimate of drug-likeness (QED) is 0.138. The number of unbranched alkanes of at least 4 members (excludes halogenated alkanes) is 2. The van der Waals surface area contributed by atoms with E-state index in [0.29, 0.717) is 11.1 Å². The van der Waals surface area contributed by atoms with Crippen molar-refractivity contribution in [2.75, 3.05) is 6.61 Å². The fourth-order valence-corrected chi connectivity index (χ4v) is 5.73. The van der Waals surface area contributed by atoms with Crippen molar-refractivity contribution in [2.45, 2.75) is 58.3 Å². The Balaban J connectivity index is 1.69. The van der Waals surface area contributed by atoms with Crippen LogP contribution in [0.15, 0.2) is 53.9 Å². The summed E-state index contributed by atoms with van der Waals surface area (Å²) in [5.74, 6) is -1.38. The van der Waals surface area contributed by atoms with E-state index < -0.39 is 11.8 Å². The Bertz CT molecular complexity index is 1220. The van der Waals surface area contributed by atoms with E-state index >= 15 is 0 Å². The largest absolute Gasteiger partial charge is 0.460 e. The zero-order valence-electron chi connectivity index (χ0n) is 20.0. The van der Waals surface area contributed by atoms with Crippen molar-refractivity contribution >= 4 is 28.9 Å². The first-order valence-corrected chi connectivity index (χ1v) is 12.9. The molecule has 0 amide bonds. The van der Waals surface area contributed by atoms with Crippen LogP contribution in [0.2, 0.25) is 0 Å². The molecule has 5 heteroatoms. The summed E-state index contributed by atoms with van der Waals surface area (Å²) in [6.45, 7) is 6.60. The number of Topliss-reactive ketones (excluding diaryl/α,β-unsaturated/α-hetero) is 1. The minimum atomic E-state index is -0.797. The van der Waals surface area contributed by atoms with Crippen LogP contribution in [0.3, 0.4) is 0 Å². The highest BCUT2D eigenvalue weighted by molar-refractivity contribution is 7.12. The molecule has 1 heterocycles. The highest BCUT2D eigenvalue weighted by atomic mass is 32.1. The third kappa shape index (κ3) is 4.14. The summed E-state index contributed by atoms with van der Waals surface area (Å²) >= 11 is 1.44. The average molecular weight is 475 g/mol. The topological polar surface area (TPSA) is 60.4 Å². The van der Waals surface area contributed by atoms with Crippen molar-refractivity contribution in [3.05, 3.63) is 81.0 Å². The van der Waals surface area contributed by atoms with Crippen LogP contribution in [0.25, 0.3) is 11.1 Å². The lowest BCUT2D eigenvalue weighted by Crippen LogP contribution is -2.24. The van der Waals surface area contributed by atoms with Crippen LogP contribution in [0.1, 0.15) is 89.6 Å². The zero-order chi connectivity index (χ0) is 24.3. The number of ketones is 2. The van der Waals surface area contributed by atoms with Crippen molar-refractivity contribution in [3.63, 3.8) is 0 Å². The van der Waals surface area contributed by atoms with Crippen molar-refractivity contribution in [1.82, 2.24) is 0 Å². The molecule has 4 nitrogen and oxygen atoms in total. The third-order valence-corrected chi connectivity index (χ3v) is 7.87. The van der Waals surface area contributed by atoms with Gasteiger partial charge in [-0.2, -0.15) is 0 Å². The predicted octanol–water partition coefficient (Wildman–Crippen LogP) is 6.98. The Morgan fingerprint density at radius 1 is 0.853 bits per heavy atom. The minimum absolute atomic E-state index is 0.0246. The lowest BCUT2D eigenvalue weighted by atomic mass is 9.73. The summed E-state index contributed by atoms with van der Waals surface area (Å²) in [6, 6.07) is 15.2. The lowest BCUT2D eigenvalue weighted by Gasteiger charge is -2.30. The van der Waals surface area contributed by atoms with Crippen LogP contribution in [0.4, 0.5) is 0 Å². The molecule has 0 aliphatic heterocycles. The van der Waals surface area contributed by atoms with Gasteiger partial charge in [0.1, 0.15) is 0 Å². The van der Waals surface area contributed by atoms with E-state index in [-0.39, 0.29) is 17.8 Å². The van der Waals surface area contributed by atoms with E-state index in [4.69, 9.17) is 4.74 Å². The van der Waals surface area contributed by atoms with Gasteiger partial charge in [0, 0.05) is 16.5 Å². The zero-order valence-corrected chi connectivity index (χ0v) is 20.8. The number of fused-ring (bicyclic) bond motifs is 3. The number of rotatable bonds is 10. The van der Waals surface area contributed by atoms with E-state index in [1.165, 1.54) is 11.3 Å². The van der Waals surface area contributed by atoms with E-state index in [0.717, 1.165) is 59.2 Å². The van der Waals surface area contributed by atoms with Gasteiger partial charge in [-0.05, 0) is 65.1 Å². The lowest BCUT2D eigenvalue weighted by molar-refractivity contribution is -0.138. The van der Waals surface area contributed by atoms with E-state index in [1.807, 2.05) is 47.8 Å². The van der Waals surface area contributed by atoms with Crippen LogP contribution >= 0.6 is 11.3 Å². The summed E-state index contributed by atoms with van der Waals surface area (Å²) in [6.07, 6.45) is 4.38. The van der Waals surface area contributed by atoms with Crippen molar-refractivity contribution in [3.8, 4) is 11.1 Å². The molecular weight excluding hydrogens is 444 g/mol. The Labute approximate surface area is 205 Å². The van der Waals surface area contributed by atoms with E-state index in [9.17, 15) is 14.4 Å². The first-order valence-electron chi connectivity index (χ1n) is 12.1. The second-order valence-electron chi connectivity index (χ2n) is 8.79. The molecule has 0 spiro atoms. The molecule has 176 valence electrons. The molecule has 1 aliphatic carbocycles. The number of benzene rings is 2. The summed E-state index contributed by atoms with van der Waals surface area (Å²) in [5.41, 5.74) is 5.00. The van der Waals surface area contributed by atoms with Crippen LogP contribution in [-0.4, -0.2) is 24.1 Å². The molecule has 0 unspecified atom stereocenters. The highest BCUT2D eigenvalue weighted by Gasteiger charge is 2.41. The molecule has 0 N–H and O–H groups in total. The standard InChI is InChI=1S/C29H30O4S/c1-4-7-8-15-33-28(32)27(31)20-12-14-22-21-13-11-19(26(30)25-10-9-16-34-25)17-23(21)29(5-2,6-3)24(22)18-20/h9-14,16-18H,4-8,15H2,1-3H3. The van der Waals surface area contributed by atoms with E-state index in [2.05, 4.69) is 20.8 Å². The third-order valence-electron chi connectivity index (χ3n) is 7.00. The van der Waals surface area contributed by atoms with Crippen LogP contribution in [0.5, 0.6) is 0 Å². The van der Waals surface area contributed by atoms with Crippen LogP contribution in [0, 0.1) is 0 Å². The van der Waals surface area contributed by atoms with Gasteiger partial charge in [0.25, 0.3) is 5.78 Å². The summed E-state index contributed by atoms with van der Waals surface area (Å²) in [5, 5.41) is 1.91. The van der Waals surface area contributed by atoms with Gasteiger partial charge in [0.15, 0.2) is 0 Å². The number of ether oxygens (including phenoxy) is 1. The van der Waals surface area contributed by atoms with Gasteiger partial charge in [0.2, 0.25) is 5.78 Å². The first-order chi connectivity index (χ1) is 16.5. The summed E-state index contributed by atoms with van der Waals surface area (Å²) < 4.78 is 5.20. The molecular formula is C29H30O4S. The van der Waals surface area contributed by atoms with Gasteiger partial charge in [-0.15, -0.1) is 11.3 Å². The number of thiophene rings is 1. The minimum Gasteiger partial charge on any atom is -0.460 e. The molecule has 1 aromatic heterocycles. The SMILES string of the molecule is CCCCCOC(=O)C(=O)c1ccc2c(c1)C(CC)(CC)c1cc(C(=O)c3cccs3)ccc1-2. The predicted molar refractivity (Wildman–Crippen MR) is 136 cm³/mol. The monoisotopic (exact) mass is 474 g/mol. The maximum atomic E-state index is 13.0. The van der Waals surface area contributed by atoms with Gasteiger partial charge in [-0.1, -0.05) is 63.9 Å².